The van der Waals surface area contributed by atoms with Gasteiger partial charge in [-0.2, -0.15) is 0 Å². The molecule has 96 valence electrons. The molecule has 0 saturated heterocycles. The molecule has 2 nitrogen and oxygen atoms in total. The molecule has 0 spiro atoms. The molecule has 1 aliphatic carbocycles. The first-order valence-electron chi connectivity index (χ1n) is 6.89. The van der Waals surface area contributed by atoms with Crippen LogP contribution in [0.5, 0.6) is 0 Å². The van der Waals surface area contributed by atoms with Gasteiger partial charge in [0, 0.05) is 13.2 Å². The van der Waals surface area contributed by atoms with Crippen molar-refractivity contribution in [3.8, 4) is 0 Å². The van der Waals surface area contributed by atoms with E-state index in [1.807, 2.05) is 0 Å². The van der Waals surface area contributed by atoms with Crippen molar-refractivity contribution in [1.29, 1.82) is 0 Å². The fraction of sp³-hybridized carbons (Fsp3) is 1.00. The Balaban J connectivity index is 2.33. The van der Waals surface area contributed by atoms with E-state index in [2.05, 4.69) is 26.1 Å². The zero-order valence-electron chi connectivity index (χ0n) is 11.3. The molecule has 0 radical (unpaired) electrons. The van der Waals surface area contributed by atoms with E-state index < -0.39 is 0 Å². The lowest BCUT2D eigenvalue weighted by atomic mass is 9.78. The first kappa shape index (κ1) is 14.0. The maximum atomic E-state index is 9.00. The Morgan fingerprint density at radius 3 is 2.31 bits per heavy atom. The normalized spacial score (nSPS) is 21.6. The number of hydrogen-bond donors (Lipinski definition) is 2. The number of aliphatic hydroxyl groups excluding tert-OH is 1. The van der Waals surface area contributed by atoms with Gasteiger partial charge < -0.3 is 10.4 Å². The maximum absolute atomic E-state index is 9.00. The fourth-order valence-electron chi connectivity index (χ4n) is 3.09. The molecule has 0 aromatic heterocycles. The molecule has 1 unspecified atom stereocenters. The van der Waals surface area contributed by atoms with Crippen molar-refractivity contribution in [3.05, 3.63) is 0 Å². The lowest BCUT2D eigenvalue weighted by Gasteiger charge is -2.31. The smallest absolute Gasteiger partial charge is 0.0468 e. The van der Waals surface area contributed by atoms with Crippen molar-refractivity contribution in [2.45, 2.75) is 52.9 Å². The van der Waals surface area contributed by atoms with E-state index in [9.17, 15) is 0 Å². The molecule has 1 saturated carbocycles. The van der Waals surface area contributed by atoms with Crippen LogP contribution in [0.2, 0.25) is 0 Å². The van der Waals surface area contributed by atoms with Crippen molar-refractivity contribution >= 4 is 0 Å². The SMILES string of the molecule is CC(C)CC1(CNCC(C)CO)CCCC1. The molecular formula is C14H29NO. The number of aliphatic hydroxyl groups is 1. The van der Waals surface area contributed by atoms with Crippen LogP contribution in [0.15, 0.2) is 0 Å². The predicted molar refractivity (Wildman–Crippen MR) is 69.5 cm³/mol. The summed E-state index contributed by atoms with van der Waals surface area (Å²) >= 11 is 0. The van der Waals surface area contributed by atoms with E-state index in [1.54, 1.807) is 0 Å². The third-order valence-electron chi connectivity index (χ3n) is 3.81. The Kier molecular flexibility index (Phi) is 5.77. The molecule has 0 aliphatic heterocycles. The Bertz CT molecular complexity index is 185. The van der Waals surface area contributed by atoms with Gasteiger partial charge in [-0.05, 0) is 43.1 Å². The highest BCUT2D eigenvalue weighted by molar-refractivity contribution is 4.87. The minimum atomic E-state index is 0.296. The summed E-state index contributed by atoms with van der Waals surface area (Å²) in [4.78, 5) is 0. The Morgan fingerprint density at radius 1 is 1.19 bits per heavy atom. The third-order valence-corrected chi connectivity index (χ3v) is 3.81. The molecule has 1 fully saturated rings. The highest BCUT2D eigenvalue weighted by atomic mass is 16.3. The molecular weight excluding hydrogens is 198 g/mol. The summed E-state index contributed by atoms with van der Waals surface area (Å²) in [5.74, 6) is 1.19. The van der Waals surface area contributed by atoms with Gasteiger partial charge in [-0.3, -0.25) is 0 Å². The molecule has 1 aliphatic rings. The van der Waals surface area contributed by atoms with Gasteiger partial charge in [0.1, 0.15) is 0 Å². The molecule has 0 bridgehead atoms. The molecule has 1 atom stereocenters. The van der Waals surface area contributed by atoms with Crippen LogP contribution in [0.25, 0.3) is 0 Å². The standard InChI is InChI=1S/C14H29NO/c1-12(2)8-14(6-4-5-7-14)11-15-9-13(3)10-16/h12-13,15-16H,4-11H2,1-3H3. The summed E-state index contributed by atoms with van der Waals surface area (Å²) in [6.07, 6.45) is 6.96. The van der Waals surface area contributed by atoms with Gasteiger partial charge in [-0.25, -0.2) is 0 Å². The minimum Gasteiger partial charge on any atom is -0.396 e. The van der Waals surface area contributed by atoms with Crippen LogP contribution in [-0.4, -0.2) is 24.8 Å². The van der Waals surface area contributed by atoms with E-state index in [4.69, 9.17) is 5.11 Å². The maximum Gasteiger partial charge on any atom is 0.0468 e. The van der Waals surface area contributed by atoms with Gasteiger partial charge in [0.2, 0.25) is 0 Å². The first-order valence-corrected chi connectivity index (χ1v) is 6.89. The number of hydrogen-bond acceptors (Lipinski definition) is 2. The van der Waals surface area contributed by atoms with E-state index in [0.717, 1.165) is 19.0 Å². The molecule has 2 heteroatoms. The Labute approximate surface area is 101 Å². The van der Waals surface area contributed by atoms with Gasteiger partial charge in [-0.15, -0.1) is 0 Å². The van der Waals surface area contributed by atoms with Crippen molar-refractivity contribution in [3.63, 3.8) is 0 Å². The van der Waals surface area contributed by atoms with Gasteiger partial charge in [0.15, 0.2) is 0 Å². The molecule has 0 aromatic rings. The van der Waals surface area contributed by atoms with Crippen LogP contribution in [0, 0.1) is 17.3 Å². The summed E-state index contributed by atoms with van der Waals surface area (Å²) in [6.45, 7) is 9.15. The Morgan fingerprint density at radius 2 is 1.81 bits per heavy atom. The van der Waals surface area contributed by atoms with Crippen molar-refractivity contribution in [2.75, 3.05) is 19.7 Å². The van der Waals surface area contributed by atoms with Gasteiger partial charge in [-0.1, -0.05) is 33.6 Å². The van der Waals surface area contributed by atoms with Crippen LogP contribution in [0.3, 0.4) is 0 Å². The first-order chi connectivity index (χ1) is 7.58. The second-order valence-corrected chi connectivity index (χ2v) is 6.22. The zero-order valence-corrected chi connectivity index (χ0v) is 11.3. The monoisotopic (exact) mass is 227 g/mol. The van der Waals surface area contributed by atoms with Crippen LogP contribution in [0.1, 0.15) is 52.9 Å². The average molecular weight is 227 g/mol. The second kappa shape index (κ2) is 6.61. The average Bonchev–Trinajstić information content (AvgIpc) is 2.65. The summed E-state index contributed by atoms with van der Waals surface area (Å²) in [5, 5.41) is 12.6. The third kappa shape index (κ3) is 4.42. The van der Waals surface area contributed by atoms with Crippen LogP contribution >= 0.6 is 0 Å². The molecule has 1 rings (SSSR count). The lowest BCUT2D eigenvalue weighted by Crippen LogP contribution is -2.36. The Hall–Kier alpha value is -0.0800. The zero-order chi connectivity index (χ0) is 12.0. The van der Waals surface area contributed by atoms with Crippen molar-refractivity contribution < 1.29 is 5.11 Å². The van der Waals surface area contributed by atoms with Crippen LogP contribution in [-0.2, 0) is 0 Å². The highest BCUT2D eigenvalue weighted by Gasteiger charge is 2.33. The lowest BCUT2D eigenvalue weighted by molar-refractivity contribution is 0.201. The topological polar surface area (TPSA) is 32.3 Å². The quantitative estimate of drug-likeness (QED) is 0.701. The van der Waals surface area contributed by atoms with E-state index in [0.29, 0.717) is 17.9 Å². The largest absolute Gasteiger partial charge is 0.396 e. The number of nitrogens with one attached hydrogen (secondary N) is 1. The molecule has 0 aromatic carbocycles. The van der Waals surface area contributed by atoms with Crippen LogP contribution in [0.4, 0.5) is 0 Å². The highest BCUT2D eigenvalue weighted by Crippen LogP contribution is 2.42. The predicted octanol–water partition coefficient (Wildman–Crippen LogP) is 2.81. The second-order valence-electron chi connectivity index (χ2n) is 6.22. The van der Waals surface area contributed by atoms with Crippen molar-refractivity contribution in [1.82, 2.24) is 5.32 Å². The summed E-state index contributed by atoms with van der Waals surface area (Å²) in [6, 6.07) is 0. The van der Waals surface area contributed by atoms with Crippen molar-refractivity contribution in [2.24, 2.45) is 17.3 Å². The van der Waals surface area contributed by atoms with Crippen LogP contribution < -0.4 is 5.32 Å². The van der Waals surface area contributed by atoms with E-state index in [1.165, 1.54) is 32.1 Å². The number of rotatable bonds is 7. The van der Waals surface area contributed by atoms with Gasteiger partial charge in [0.05, 0.1) is 0 Å². The minimum absolute atomic E-state index is 0.296. The molecule has 2 N–H and O–H groups in total. The van der Waals surface area contributed by atoms with E-state index in [-0.39, 0.29) is 0 Å². The fourth-order valence-corrected chi connectivity index (χ4v) is 3.09. The summed E-state index contributed by atoms with van der Waals surface area (Å²) in [7, 11) is 0. The summed E-state index contributed by atoms with van der Waals surface area (Å²) in [5.41, 5.74) is 0.559. The molecule has 0 heterocycles. The molecule has 0 amide bonds. The van der Waals surface area contributed by atoms with Gasteiger partial charge in [0.25, 0.3) is 0 Å². The molecule has 16 heavy (non-hydrogen) atoms. The van der Waals surface area contributed by atoms with Gasteiger partial charge >= 0.3 is 0 Å². The van der Waals surface area contributed by atoms with E-state index >= 15 is 0 Å². The summed E-state index contributed by atoms with van der Waals surface area (Å²) < 4.78 is 0.